The number of rotatable bonds is 4. The van der Waals surface area contributed by atoms with Crippen LogP contribution in [0.1, 0.15) is 54.6 Å². The maximum atomic E-state index is 13.6. The zero-order valence-corrected chi connectivity index (χ0v) is 22.0. The van der Waals surface area contributed by atoms with Crippen molar-refractivity contribution in [2.45, 2.75) is 75.5 Å². The number of nitrogens with two attached hydrogens (primary N) is 2. The molecule has 1 aliphatic carbocycles. The number of aliphatic imine (C=N–C) groups is 2. The monoisotopic (exact) mass is 538 g/mol. The lowest BCUT2D eigenvalue weighted by Gasteiger charge is -2.49. The van der Waals surface area contributed by atoms with Gasteiger partial charge in [0.25, 0.3) is 5.91 Å². The smallest absolute Gasteiger partial charge is 0.252 e. The SMILES string of the molecule is CC1(C)CCc2cccc(C(=O)NC3CN4C(N)=N[C@@H](CN5C(=O)CCC5=O)C5N=C(N)NC54C3(O)O)c2C1. The molecule has 3 amide bonds. The van der Waals surface area contributed by atoms with Crippen LogP contribution >= 0.6 is 0 Å². The molecular formula is C26H34N8O5. The van der Waals surface area contributed by atoms with Crippen molar-refractivity contribution >= 4 is 29.6 Å². The van der Waals surface area contributed by atoms with Crippen LogP contribution in [0.2, 0.25) is 0 Å². The third-order valence-electron chi connectivity index (χ3n) is 8.88. The van der Waals surface area contributed by atoms with E-state index < -0.39 is 35.5 Å². The number of nitrogens with zero attached hydrogens (tertiary/aromatic N) is 4. The molecule has 0 aromatic heterocycles. The standard InChI is InChI=1S/C26H34N8O5/c1-24(2)9-8-13-4-3-5-14(15(13)10-24)21(37)30-17-12-34-23(28)29-16(11-33-18(35)6-7-19(33)36)20-25(34,26(17,38)39)32-22(27)31-20/h3-5,16-17,20,38-39H,6-12H2,1-2H3,(H2,28,29)(H,30,37)(H3,27,31,32)/t16-,17?,20?,25?/m0/s1. The Hall–Kier alpha value is -3.71. The molecule has 13 nitrogen and oxygen atoms in total. The van der Waals surface area contributed by atoms with Crippen molar-refractivity contribution in [3.63, 3.8) is 0 Å². The molecule has 4 aliphatic heterocycles. The second kappa shape index (κ2) is 8.39. The summed E-state index contributed by atoms with van der Waals surface area (Å²) in [6.07, 6.45) is 2.83. The zero-order chi connectivity index (χ0) is 27.9. The average Bonchev–Trinajstić information content (AvgIpc) is 3.46. The van der Waals surface area contributed by atoms with E-state index in [2.05, 4.69) is 34.5 Å². The van der Waals surface area contributed by atoms with Crippen molar-refractivity contribution in [1.29, 1.82) is 0 Å². The molecule has 1 aromatic carbocycles. The van der Waals surface area contributed by atoms with E-state index in [-0.39, 0.29) is 55.1 Å². The lowest BCUT2D eigenvalue weighted by Crippen LogP contribution is -2.78. The second-order valence-corrected chi connectivity index (χ2v) is 12.0. The molecule has 1 aromatic rings. The maximum Gasteiger partial charge on any atom is 0.252 e. The van der Waals surface area contributed by atoms with Gasteiger partial charge in [-0.3, -0.25) is 19.3 Å². The topological polar surface area (TPSA) is 199 Å². The number of amides is 3. The van der Waals surface area contributed by atoms with Gasteiger partial charge in [0.1, 0.15) is 12.1 Å². The van der Waals surface area contributed by atoms with Crippen LogP contribution in [-0.2, 0) is 22.4 Å². The summed E-state index contributed by atoms with van der Waals surface area (Å²) in [5, 5.41) is 29.1. The van der Waals surface area contributed by atoms with Gasteiger partial charge in [0.2, 0.25) is 17.6 Å². The molecule has 8 N–H and O–H groups in total. The molecule has 3 unspecified atom stereocenters. The van der Waals surface area contributed by atoms with E-state index in [1.165, 1.54) is 4.90 Å². The summed E-state index contributed by atoms with van der Waals surface area (Å²) in [5.41, 5.74) is 13.2. The number of hydrogen-bond donors (Lipinski definition) is 6. The zero-order valence-electron chi connectivity index (χ0n) is 22.0. The third kappa shape index (κ3) is 3.70. The Morgan fingerprint density at radius 1 is 1.15 bits per heavy atom. The number of benzene rings is 1. The van der Waals surface area contributed by atoms with Crippen LogP contribution in [0.5, 0.6) is 0 Å². The Morgan fingerprint density at radius 2 is 1.87 bits per heavy atom. The van der Waals surface area contributed by atoms with Crippen LogP contribution in [0, 0.1) is 5.41 Å². The Bertz CT molecular complexity index is 1320. The first-order valence-electron chi connectivity index (χ1n) is 13.3. The van der Waals surface area contributed by atoms with E-state index in [9.17, 15) is 24.6 Å². The molecule has 208 valence electrons. The fourth-order valence-electron chi connectivity index (χ4n) is 6.82. The van der Waals surface area contributed by atoms with E-state index in [1.807, 2.05) is 12.1 Å². The first-order chi connectivity index (χ1) is 18.3. The minimum atomic E-state index is -2.61. The Morgan fingerprint density at radius 3 is 2.59 bits per heavy atom. The summed E-state index contributed by atoms with van der Waals surface area (Å²) in [7, 11) is 0. The lowest BCUT2D eigenvalue weighted by molar-refractivity contribution is -0.230. The van der Waals surface area contributed by atoms with Gasteiger partial charge in [-0.2, -0.15) is 0 Å². The van der Waals surface area contributed by atoms with Crippen LogP contribution in [0.3, 0.4) is 0 Å². The van der Waals surface area contributed by atoms with Crippen LogP contribution in [-0.4, -0.2) is 92.3 Å². The Balaban J connectivity index is 1.31. The highest BCUT2D eigenvalue weighted by Crippen LogP contribution is 2.45. The molecule has 1 spiro atoms. The minimum Gasteiger partial charge on any atom is -0.370 e. The Labute approximate surface area is 225 Å². The van der Waals surface area contributed by atoms with Crippen molar-refractivity contribution in [1.82, 2.24) is 20.4 Å². The van der Waals surface area contributed by atoms with Crippen molar-refractivity contribution in [2.24, 2.45) is 26.9 Å². The summed E-state index contributed by atoms with van der Waals surface area (Å²) >= 11 is 0. The fourth-order valence-corrected chi connectivity index (χ4v) is 6.82. The predicted molar refractivity (Wildman–Crippen MR) is 140 cm³/mol. The van der Waals surface area contributed by atoms with E-state index in [0.29, 0.717) is 5.56 Å². The number of carbonyl (C=O) groups is 3. The lowest BCUT2D eigenvalue weighted by atomic mass is 9.73. The van der Waals surface area contributed by atoms with Crippen LogP contribution in [0.15, 0.2) is 28.2 Å². The van der Waals surface area contributed by atoms with Gasteiger partial charge < -0.3 is 37.2 Å². The average molecular weight is 539 g/mol. The molecule has 5 aliphatic rings. The number of aliphatic hydroxyl groups is 2. The number of likely N-dealkylation sites (tertiary alicyclic amines) is 1. The van der Waals surface area contributed by atoms with E-state index >= 15 is 0 Å². The summed E-state index contributed by atoms with van der Waals surface area (Å²) in [6.45, 7) is 4.12. The van der Waals surface area contributed by atoms with Gasteiger partial charge >= 0.3 is 0 Å². The molecule has 2 fully saturated rings. The summed E-state index contributed by atoms with van der Waals surface area (Å²) < 4.78 is 0. The maximum absolute atomic E-state index is 13.6. The van der Waals surface area contributed by atoms with Gasteiger partial charge in [0.15, 0.2) is 17.6 Å². The number of imide groups is 1. The van der Waals surface area contributed by atoms with E-state index in [4.69, 9.17) is 11.5 Å². The molecular weight excluding hydrogens is 504 g/mol. The molecule has 6 rings (SSSR count). The van der Waals surface area contributed by atoms with E-state index in [1.54, 1.807) is 6.07 Å². The highest BCUT2D eigenvalue weighted by molar-refractivity contribution is 6.02. The van der Waals surface area contributed by atoms with E-state index in [0.717, 1.165) is 35.3 Å². The first-order valence-corrected chi connectivity index (χ1v) is 13.3. The molecule has 0 radical (unpaired) electrons. The molecule has 39 heavy (non-hydrogen) atoms. The van der Waals surface area contributed by atoms with Gasteiger partial charge in [0.05, 0.1) is 12.6 Å². The minimum absolute atomic E-state index is 0.0436. The third-order valence-corrected chi connectivity index (χ3v) is 8.88. The number of carbonyl (C=O) groups excluding carboxylic acids is 3. The largest absolute Gasteiger partial charge is 0.370 e. The molecule has 4 heterocycles. The van der Waals surface area contributed by atoms with Gasteiger partial charge in [-0.15, -0.1) is 0 Å². The van der Waals surface area contributed by atoms with Crippen LogP contribution < -0.4 is 22.1 Å². The van der Waals surface area contributed by atoms with Crippen molar-refractivity contribution < 1.29 is 24.6 Å². The van der Waals surface area contributed by atoms with Gasteiger partial charge in [0, 0.05) is 24.9 Å². The van der Waals surface area contributed by atoms with Crippen molar-refractivity contribution in [2.75, 3.05) is 13.1 Å². The summed E-state index contributed by atoms with van der Waals surface area (Å²) in [4.78, 5) is 49.6. The highest BCUT2D eigenvalue weighted by Gasteiger charge is 2.73. The molecule has 0 bridgehead atoms. The quantitative estimate of drug-likeness (QED) is 0.188. The summed E-state index contributed by atoms with van der Waals surface area (Å²) in [6, 6.07) is 2.54. The molecule has 4 atom stereocenters. The second-order valence-electron chi connectivity index (χ2n) is 12.0. The number of hydrogen-bond acceptors (Lipinski definition) is 11. The normalized spacial score (nSPS) is 32.2. The first kappa shape index (κ1) is 25.6. The molecule has 0 saturated carbocycles. The summed E-state index contributed by atoms with van der Waals surface area (Å²) in [5.74, 6) is -3.82. The van der Waals surface area contributed by atoms with Gasteiger partial charge in [-0.25, -0.2) is 9.98 Å². The number of guanidine groups is 2. The fraction of sp³-hybridized carbons (Fsp3) is 0.577. The number of nitrogens with one attached hydrogen (secondary N) is 2. The highest BCUT2D eigenvalue weighted by atomic mass is 16.5. The molecule has 2 saturated heterocycles. The number of aryl methyl sites for hydroxylation is 1. The van der Waals surface area contributed by atoms with Crippen LogP contribution in [0.4, 0.5) is 0 Å². The van der Waals surface area contributed by atoms with Crippen molar-refractivity contribution in [3.05, 3.63) is 34.9 Å². The van der Waals surface area contributed by atoms with Gasteiger partial charge in [-0.1, -0.05) is 26.0 Å². The van der Waals surface area contributed by atoms with Crippen molar-refractivity contribution in [3.8, 4) is 0 Å². The predicted octanol–water partition coefficient (Wildman–Crippen LogP) is -1.87. The van der Waals surface area contributed by atoms with Gasteiger partial charge in [-0.05, 0) is 41.9 Å². The number of fused-ring (bicyclic) bond motifs is 1. The molecule has 13 heteroatoms. The Kier molecular flexibility index (Phi) is 5.50. The van der Waals surface area contributed by atoms with Crippen LogP contribution in [0.25, 0.3) is 0 Å².